The van der Waals surface area contributed by atoms with E-state index in [9.17, 15) is 21.6 Å². The number of sulfonamides is 2. The van der Waals surface area contributed by atoms with E-state index in [-0.39, 0.29) is 28.5 Å². The summed E-state index contributed by atoms with van der Waals surface area (Å²) >= 11 is 0. The fraction of sp³-hybridized carbons (Fsp3) is 0.381. The number of hydrogen-bond acceptors (Lipinski definition) is 6. The second-order valence-electron chi connectivity index (χ2n) is 7.50. The number of nitrogens with one attached hydrogen (secondary N) is 1. The number of ether oxygens (including phenoxy) is 1. The second-order valence-corrected chi connectivity index (χ2v) is 11.6. The molecule has 3 rings (SSSR count). The molecule has 174 valence electrons. The Bertz CT molecular complexity index is 1160. The molecule has 0 bridgehead atoms. The standard InChI is InChI=1S/C21H27N3O6S2/c1-23(2)31(26,27)20-7-5-6-17(16-20)21(25)22-12-15-30-18-8-10-19(11-9-18)32(28,29)24-13-3-4-14-24/h5-11,16H,3-4,12-15H2,1-2H3,(H,22,25). The van der Waals surface area contributed by atoms with E-state index >= 15 is 0 Å². The van der Waals surface area contributed by atoms with E-state index in [1.54, 1.807) is 12.1 Å². The van der Waals surface area contributed by atoms with Gasteiger partial charge in [0.2, 0.25) is 20.0 Å². The van der Waals surface area contributed by atoms with E-state index in [1.807, 2.05) is 0 Å². The van der Waals surface area contributed by atoms with Gasteiger partial charge in [0.25, 0.3) is 5.91 Å². The van der Waals surface area contributed by atoms with Gasteiger partial charge in [-0.1, -0.05) is 6.07 Å². The quantitative estimate of drug-likeness (QED) is 0.544. The third-order valence-electron chi connectivity index (χ3n) is 5.06. The van der Waals surface area contributed by atoms with Gasteiger partial charge >= 0.3 is 0 Å². The van der Waals surface area contributed by atoms with Crippen LogP contribution in [0.5, 0.6) is 5.75 Å². The fourth-order valence-electron chi connectivity index (χ4n) is 3.23. The summed E-state index contributed by atoms with van der Waals surface area (Å²) in [5, 5.41) is 2.67. The van der Waals surface area contributed by atoms with Crippen molar-refractivity contribution in [2.75, 3.05) is 40.3 Å². The van der Waals surface area contributed by atoms with Crippen LogP contribution < -0.4 is 10.1 Å². The van der Waals surface area contributed by atoms with Crippen molar-refractivity contribution in [3.8, 4) is 5.75 Å². The van der Waals surface area contributed by atoms with Crippen LogP contribution >= 0.6 is 0 Å². The summed E-state index contributed by atoms with van der Waals surface area (Å²) in [4.78, 5) is 12.6. The maximum absolute atomic E-state index is 12.5. The van der Waals surface area contributed by atoms with Gasteiger partial charge in [-0.15, -0.1) is 0 Å². The predicted molar refractivity (Wildman–Crippen MR) is 120 cm³/mol. The number of amides is 1. The number of carbonyl (C=O) groups is 1. The van der Waals surface area contributed by atoms with Crippen molar-refractivity contribution in [2.45, 2.75) is 22.6 Å². The van der Waals surface area contributed by atoms with Crippen LogP contribution in [0.15, 0.2) is 58.3 Å². The average Bonchev–Trinajstić information content (AvgIpc) is 3.33. The maximum atomic E-state index is 12.5. The summed E-state index contributed by atoms with van der Waals surface area (Å²) in [6, 6.07) is 12.0. The molecule has 0 saturated carbocycles. The van der Waals surface area contributed by atoms with Crippen molar-refractivity contribution in [1.82, 2.24) is 13.9 Å². The van der Waals surface area contributed by atoms with Crippen molar-refractivity contribution in [3.05, 3.63) is 54.1 Å². The lowest BCUT2D eigenvalue weighted by Crippen LogP contribution is -2.29. The third-order valence-corrected chi connectivity index (χ3v) is 8.78. The number of nitrogens with zero attached hydrogens (tertiary/aromatic N) is 2. The first-order valence-electron chi connectivity index (χ1n) is 10.2. The van der Waals surface area contributed by atoms with Crippen LogP contribution in [0.1, 0.15) is 23.2 Å². The Morgan fingerprint density at radius 3 is 2.28 bits per heavy atom. The molecular formula is C21H27N3O6S2. The average molecular weight is 482 g/mol. The number of hydrogen-bond donors (Lipinski definition) is 1. The van der Waals surface area contributed by atoms with Gasteiger partial charge in [-0.2, -0.15) is 4.31 Å². The first-order valence-corrected chi connectivity index (χ1v) is 13.0. The van der Waals surface area contributed by atoms with Gasteiger partial charge in [0.1, 0.15) is 12.4 Å². The van der Waals surface area contributed by atoms with Crippen molar-refractivity contribution in [3.63, 3.8) is 0 Å². The molecule has 0 aromatic heterocycles. The Labute approximate surface area is 189 Å². The molecule has 1 aliphatic heterocycles. The normalized spacial score (nSPS) is 15.1. The largest absolute Gasteiger partial charge is 0.492 e. The molecule has 1 heterocycles. The molecule has 1 amide bonds. The molecule has 2 aromatic rings. The van der Waals surface area contributed by atoms with E-state index < -0.39 is 26.0 Å². The van der Waals surface area contributed by atoms with Gasteiger partial charge in [-0.3, -0.25) is 4.79 Å². The molecule has 0 unspecified atom stereocenters. The van der Waals surface area contributed by atoms with Crippen molar-refractivity contribution < 1.29 is 26.4 Å². The molecule has 1 fully saturated rings. The van der Waals surface area contributed by atoms with Crippen LogP contribution in [-0.2, 0) is 20.0 Å². The molecule has 9 nitrogen and oxygen atoms in total. The highest BCUT2D eigenvalue weighted by molar-refractivity contribution is 7.89. The Hall–Kier alpha value is -2.47. The molecule has 1 aliphatic rings. The number of carbonyl (C=O) groups excluding carboxylic acids is 1. The first kappa shape index (κ1) is 24.2. The zero-order chi connectivity index (χ0) is 23.4. The Kier molecular flexibility index (Phi) is 7.55. The van der Waals surface area contributed by atoms with Gasteiger partial charge in [0.15, 0.2) is 0 Å². The van der Waals surface area contributed by atoms with Crippen LogP contribution in [-0.4, -0.2) is 71.7 Å². The molecule has 0 aliphatic carbocycles. The van der Waals surface area contributed by atoms with Gasteiger partial charge < -0.3 is 10.1 Å². The van der Waals surface area contributed by atoms with Crippen LogP contribution in [0.4, 0.5) is 0 Å². The molecule has 0 radical (unpaired) electrons. The fourth-order valence-corrected chi connectivity index (χ4v) is 5.69. The van der Waals surface area contributed by atoms with E-state index in [0.717, 1.165) is 17.1 Å². The maximum Gasteiger partial charge on any atom is 0.251 e. The highest BCUT2D eigenvalue weighted by Gasteiger charge is 2.27. The molecule has 2 aromatic carbocycles. The monoisotopic (exact) mass is 481 g/mol. The SMILES string of the molecule is CN(C)S(=O)(=O)c1cccc(C(=O)NCCOc2ccc(S(=O)(=O)N3CCCC3)cc2)c1. The first-order chi connectivity index (χ1) is 15.1. The van der Waals surface area contributed by atoms with E-state index in [2.05, 4.69) is 5.32 Å². The predicted octanol–water partition coefficient (Wildman–Crippen LogP) is 1.53. The Morgan fingerprint density at radius 2 is 1.66 bits per heavy atom. The zero-order valence-electron chi connectivity index (χ0n) is 18.0. The summed E-state index contributed by atoms with van der Waals surface area (Å²) in [6.07, 6.45) is 1.75. The summed E-state index contributed by atoms with van der Waals surface area (Å²) in [5.74, 6) is 0.0650. The Morgan fingerprint density at radius 1 is 1.00 bits per heavy atom. The minimum atomic E-state index is -3.63. The van der Waals surface area contributed by atoms with Crippen molar-refractivity contribution in [2.24, 2.45) is 0 Å². The van der Waals surface area contributed by atoms with Crippen LogP contribution in [0.25, 0.3) is 0 Å². The smallest absolute Gasteiger partial charge is 0.251 e. The van der Waals surface area contributed by atoms with Crippen LogP contribution in [0.2, 0.25) is 0 Å². The van der Waals surface area contributed by atoms with Crippen LogP contribution in [0, 0.1) is 0 Å². The summed E-state index contributed by atoms with van der Waals surface area (Å²) < 4.78 is 57.6. The molecule has 32 heavy (non-hydrogen) atoms. The second kappa shape index (κ2) is 9.99. The van der Waals surface area contributed by atoms with E-state index in [1.165, 1.54) is 54.8 Å². The molecule has 11 heteroatoms. The van der Waals surface area contributed by atoms with Gasteiger partial charge in [0.05, 0.1) is 16.3 Å². The lowest BCUT2D eigenvalue weighted by molar-refractivity contribution is 0.0946. The molecule has 1 saturated heterocycles. The minimum absolute atomic E-state index is 0.0374. The highest BCUT2D eigenvalue weighted by Crippen LogP contribution is 2.23. The molecule has 0 spiro atoms. The lowest BCUT2D eigenvalue weighted by atomic mass is 10.2. The van der Waals surface area contributed by atoms with E-state index in [4.69, 9.17) is 4.74 Å². The zero-order valence-corrected chi connectivity index (χ0v) is 19.7. The molecular weight excluding hydrogens is 454 g/mol. The van der Waals surface area contributed by atoms with Gasteiger partial charge in [0, 0.05) is 32.7 Å². The van der Waals surface area contributed by atoms with E-state index in [0.29, 0.717) is 18.8 Å². The Balaban J connectivity index is 1.52. The molecule has 0 atom stereocenters. The lowest BCUT2D eigenvalue weighted by Gasteiger charge is -2.15. The number of benzene rings is 2. The van der Waals surface area contributed by atoms with Crippen LogP contribution in [0.3, 0.4) is 0 Å². The summed E-state index contributed by atoms with van der Waals surface area (Å²) in [5.41, 5.74) is 0.226. The van der Waals surface area contributed by atoms with Crippen molar-refractivity contribution >= 4 is 26.0 Å². The summed E-state index contributed by atoms with van der Waals surface area (Å²) in [7, 11) is -4.25. The summed E-state index contributed by atoms with van der Waals surface area (Å²) in [6.45, 7) is 1.45. The minimum Gasteiger partial charge on any atom is -0.492 e. The van der Waals surface area contributed by atoms with Crippen molar-refractivity contribution in [1.29, 1.82) is 0 Å². The number of rotatable bonds is 9. The highest BCUT2D eigenvalue weighted by atomic mass is 32.2. The topological polar surface area (TPSA) is 113 Å². The van der Waals surface area contributed by atoms with Gasteiger partial charge in [-0.05, 0) is 55.3 Å². The van der Waals surface area contributed by atoms with Gasteiger partial charge in [-0.25, -0.2) is 21.1 Å². The molecule has 1 N–H and O–H groups in total. The third kappa shape index (κ3) is 5.47.